The molecule has 0 bridgehead atoms. The third kappa shape index (κ3) is 2.66. The van der Waals surface area contributed by atoms with Gasteiger partial charge in [0, 0.05) is 17.4 Å². The van der Waals surface area contributed by atoms with Crippen molar-refractivity contribution in [1.29, 1.82) is 0 Å². The Hall–Kier alpha value is -2.60. The predicted octanol–water partition coefficient (Wildman–Crippen LogP) is 2.66. The smallest absolute Gasteiger partial charge is 0.356 e. The molecule has 7 heteroatoms. The highest BCUT2D eigenvalue weighted by molar-refractivity contribution is 6.31. The van der Waals surface area contributed by atoms with Gasteiger partial charge >= 0.3 is 5.97 Å². The van der Waals surface area contributed by atoms with Gasteiger partial charge in [-0.2, -0.15) is 0 Å². The molecule has 1 N–H and O–H groups in total. The van der Waals surface area contributed by atoms with Crippen LogP contribution < -0.4 is 4.74 Å². The average Bonchev–Trinajstić information content (AvgIpc) is 2.84. The quantitative estimate of drug-likeness (QED) is 0.802. The first-order chi connectivity index (χ1) is 10.1. The van der Waals surface area contributed by atoms with Gasteiger partial charge in [0.05, 0.1) is 11.7 Å². The Bertz CT molecular complexity index is 802. The number of pyridine rings is 2. The zero-order valence-corrected chi connectivity index (χ0v) is 11.5. The van der Waals surface area contributed by atoms with Gasteiger partial charge < -0.3 is 9.84 Å². The summed E-state index contributed by atoms with van der Waals surface area (Å²) in [5, 5.41) is 9.65. The van der Waals surface area contributed by atoms with Gasteiger partial charge in [-0.3, -0.25) is 9.38 Å². The number of ether oxygens (including phenoxy) is 1. The number of nitrogens with zero attached hydrogens (tertiary/aromatic N) is 3. The third-order valence-electron chi connectivity index (χ3n) is 2.88. The molecule has 0 saturated heterocycles. The molecule has 0 unspecified atom stereocenters. The third-order valence-corrected chi connectivity index (χ3v) is 3.12. The maximum atomic E-state index is 11.2. The molecule has 0 radical (unpaired) electrons. The molecule has 3 aromatic rings. The summed E-state index contributed by atoms with van der Waals surface area (Å²) < 4.78 is 7.20. The van der Waals surface area contributed by atoms with Crippen molar-refractivity contribution in [3.8, 4) is 5.75 Å². The van der Waals surface area contributed by atoms with Crippen LogP contribution in [-0.2, 0) is 6.61 Å². The standard InChI is InChI=1S/C14H10ClN3O3/c15-9-3-5-18-11(6-9)13(14(19)20)17-12(18)8-21-10-2-1-4-16-7-10/h1-7H,8H2,(H,19,20). The van der Waals surface area contributed by atoms with Crippen molar-refractivity contribution >= 4 is 23.1 Å². The lowest BCUT2D eigenvalue weighted by Crippen LogP contribution is -2.01. The maximum Gasteiger partial charge on any atom is 0.356 e. The largest absolute Gasteiger partial charge is 0.484 e. The summed E-state index contributed by atoms with van der Waals surface area (Å²) in [5.74, 6) is -0.0506. The van der Waals surface area contributed by atoms with Gasteiger partial charge in [0.1, 0.15) is 12.4 Å². The number of carbonyl (C=O) groups is 1. The average molecular weight is 304 g/mol. The summed E-state index contributed by atoms with van der Waals surface area (Å²) >= 11 is 5.90. The van der Waals surface area contributed by atoms with Crippen molar-refractivity contribution in [1.82, 2.24) is 14.4 Å². The molecular weight excluding hydrogens is 294 g/mol. The fourth-order valence-electron chi connectivity index (χ4n) is 1.96. The Balaban J connectivity index is 1.97. The minimum atomic E-state index is -1.11. The molecule has 106 valence electrons. The lowest BCUT2D eigenvalue weighted by atomic mass is 10.3. The molecule has 0 saturated carbocycles. The van der Waals surface area contributed by atoms with Crippen LogP contribution in [0.3, 0.4) is 0 Å². The Morgan fingerprint density at radius 3 is 3.00 bits per heavy atom. The van der Waals surface area contributed by atoms with E-state index >= 15 is 0 Å². The lowest BCUT2D eigenvalue weighted by molar-refractivity contribution is 0.0693. The van der Waals surface area contributed by atoms with Crippen molar-refractivity contribution in [2.24, 2.45) is 0 Å². The normalized spacial score (nSPS) is 10.7. The second-order valence-electron chi connectivity index (χ2n) is 4.26. The van der Waals surface area contributed by atoms with E-state index in [1.165, 1.54) is 0 Å². The van der Waals surface area contributed by atoms with Crippen LogP contribution in [0.2, 0.25) is 5.02 Å². The fraction of sp³-hybridized carbons (Fsp3) is 0.0714. The molecule has 0 fully saturated rings. The molecular formula is C14H10ClN3O3. The number of aromatic carboxylic acids is 1. The number of imidazole rings is 1. The predicted molar refractivity (Wildman–Crippen MR) is 75.7 cm³/mol. The highest BCUT2D eigenvalue weighted by Gasteiger charge is 2.17. The second kappa shape index (κ2) is 5.41. The van der Waals surface area contributed by atoms with Crippen molar-refractivity contribution in [2.45, 2.75) is 6.61 Å². The van der Waals surface area contributed by atoms with Crippen LogP contribution in [0, 0.1) is 0 Å². The highest BCUT2D eigenvalue weighted by Crippen LogP contribution is 2.19. The summed E-state index contributed by atoms with van der Waals surface area (Å²) in [6.07, 6.45) is 4.88. The zero-order valence-electron chi connectivity index (χ0n) is 10.7. The van der Waals surface area contributed by atoms with Gasteiger partial charge in [0.25, 0.3) is 0 Å². The fourth-order valence-corrected chi connectivity index (χ4v) is 2.12. The Morgan fingerprint density at radius 1 is 1.43 bits per heavy atom. The molecule has 0 aliphatic carbocycles. The minimum absolute atomic E-state index is 0.0534. The van der Waals surface area contributed by atoms with E-state index in [1.807, 2.05) is 0 Å². The molecule has 6 nitrogen and oxygen atoms in total. The van der Waals surface area contributed by atoms with Crippen LogP contribution in [-0.4, -0.2) is 25.4 Å². The number of hydrogen-bond donors (Lipinski definition) is 1. The molecule has 3 heterocycles. The van der Waals surface area contributed by atoms with Gasteiger partial charge in [-0.1, -0.05) is 11.6 Å². The van der Waals surface area contributed by atoms with E-state index in [-0.39, 0.29) is 12.3 Å². The number of carboxylic acids is 1. The summed E-state index contributed by atoms with van der Waals surface area (Å²) in [4.78, 5) is 19.3. The molecule has 0 spiro atoms. The van der Waals surface area contributed by atoms with Crippen LogP contribution in [0.4, 0.5) is 0 Å². The SMILES string of the molecule is O=C(O)c1nc(COc2cccnc2)n2ccc(Cl)cc12. The molecule has 0 aliphatic heterocycles. The Morgan fingerprint density at radius 2 is 2.29 bits per heavy atom. The minimum Gasteiger partial charge on any atom is -0.484 e. The molecule has 3 aromatic heterocycles. The van der Waals surface area contributed by atoms with E-state index in [4.69, 9.17) is 16.3 Å². The van der Waals surface area contributed by atoms with E-state index in [1.54, 1.807) is 47.3 Å². The van der Waals surface area contributed by atoms with E-state index in [0.29, 0.717) is 22.1 Å². The van der Waals surface area contributed by atoms with Crippen LogP contribution >= 0.6 is 11.6 Å². The summed E-state index contributed by atoms with van der Waals surface area (Å²) in [6.45, 7) is 0.127. The van der Waals surface area contributed by atoms with E-state index in [2.05, 4.69) is 9.97 Å². The van der Waals surface area contributed by atoms with Crippen molar-refractivity contribution in [3.63, 3.8) is 0 Å². The first kappa shape index (κ1) is 13.4. The molecule has 3 rings (SSSR count). The first-order valence-electron chi connectivity index (χ1n) is 6.08. The number of hydrogen-bond acceptors (Lipinski definition) is 4. The number of aromatic nitrogens is 3. The molecule has 0 aromatic carbocycles. The van der Waals surface area contributed by atoms with Crippen LogP contribution in [0.1, 0.15) is 16.3 Å². The molecule has 21 heavy (non-hydrogen) atoms. The Labute approximate surface area is 124 Å². The van der Waals surface area contributed by atoms with E-state index in [0.717, 1.165) is 0 Å². The number of halogens is 1. The first-order valence-corrected chi connectivity index (χ1v) is 6.45. The van der Waals surface area contributed by atoms with Gasteiger partial charge in [-0.15, -0.1) is 0 Å². The van der Waals surface area contributed by atoms with E-state index in [9.17, 15) is 9.90 Å². The number of fused-ring (bicyclic) bond motifs is 1. The lowest BCUT2D eigenvalue weighted by Gasteiger charge is -2.04. The van der Waals surface area contributed by atoms with Crippen LogP contribution in [0.25, 0.3) is 5.52 Å². The maximum absolute atomic E-state index is 11.2. The summed E-state index contributed by atoms with van der Waals surface area (Å²) in [7, 11) is 0. The zero-order chi connectivity index (χ0) is 14.8. The monoisotopic (exact) mass is 303 g/mol. The summed E-state index contributed by atoms with van der Waals surface area (Å²) in [6, 6.07) is 6.74. The summed E-state index contributed by atoms with van der Waals surface area (Å²) in [5.41, 5.74) is 0.377. The van der Waals surface area contributed by atoms with Crippen LogP contribution in [0.5, 0.6) is 5.75 Å². The van der Waals surface area contributed by atoms with Crippen molar-refractivity contribution in [3.05, 3.63) is 59.4 Å². The van der Waals surface area contributed by atoms with Gasteiger partial charge in [0.2, 0.25) is 0 Å². The van der Waals surface area contributed by atoms with Gasteiger partial charge in [-0.25, -0.2) is 9.78 Å². The Kier molecular flexibility index (Phi) is 3.45. The topological polar surface area (TPSA) is 76.7 Å². The van der Waals surface area contributed by atoms with E-state index < -0.39 is 5.97 Å². The van der Waals surface area contributed by atoms with Gasteiger partial charge in [-0.05, 0) is 24.3 Å². The van der Waals surface area contributed by atoms with Crippen molar-refractivity contribution in [2.75, 3.05) is 0 Å². The van der Waals surface area contributed by atoms with Crippen molar-refractivity contribution < 1.29 is 14.6 Å². The van der Waals surface area contributed by atoms with Gasteiger partial charge in [0.15, 0.2) is 11.5 Å². The van der Waals surface area contributed by atoms with Crippen LogP contribution in [0.15, 0.2) is 42.9 Å². The number of rotatable bonds is 4. The molecule has 0 aliphatic rings. The molecule has 0 amide bonds. The molecule has 0 atom stereocenters. The highest BCUT2D eigenvalue weighted by atomic mass is 35.5. The number of carboxylic acid groups (broad SMARTS) is 1. The second-order valence-corrected chi connectivity index (χ2v) is 4.70.